The number of rotatable bonds is 3. The van der Waals surface area contributed by atoms with E-state index in [9.17, 15) is 9.18 Å². The third kappa shape index (κ3) is 3.06. The largest absolute Gasteiger partial charge is 0.324 e. The molecule has 76 valence electrons. The molecule has 1 rings (SSSR count). The Bertz CT molecular complexity index is 315. The fourth-order valence-corrected chi connectivity index (χ4v) is 0.970. The van der Waals surface area contributed by atoms with Gasteiger partial charge in [-0.25, -0.2) is 4.98 Å². The Labute approximate surface area is 89.9 Å². The smallest absolute Gasteiger partial charge is 0.238 e. The number of carbonyl (C=O) groups is 1. The van der Waals surface area contributed by atoms with E-state index in [0.717, 1.165) is 0 Å². The van der Waals surface area contributed by atoms with Gasteiger partial charge in [0.25, 0.3) is 0 Å². The molecule has 1 N–H and O–H groups in total. The lowest BCUT2D eigenvalue weighted by atomic mass is 10.3. The average molecular weight is 261 g/mol. The molecule has 0 aliphatic carbocycles. The van der Waals surface area contributed by atoms with Gasteiger partial charge >= 0.3 is 0 Å². The number of hydrogen-bond donors (Lipinski definition) is 1. The maximum absolute atomic E-state index is 12.4. The first kappa shape index (κ1) is 11.1. The van der Waals surface area contributed by atoms with Gasteiger partial charge in [0.05, 0.1) is 16.7 Å². The van der Waals surface area contributed by atoms with Crippen LogP contribution in [-0.4, -0.2) is 15.7 Å². The van der Waals surface area contributed by atoms with Gasteiger partial charge in [0.2, 0.25) is 11.9 Å². The Kier molecular flexibility index (Phi) is 4.00. The van der Waals surface area contributed by atoms with Gasteiger partial charge < -0.3 is 5.32 Å². The van der Waals surface area contributed by atoms with Gasteiger partial charge in [0, 0.05) is 0 Å². The Morgan fingerprint density at radius 3 is 2.93 bits per heavy atom. The highest BCUT2D eigenvalue weighted by Gasteiger charge is 2.11. The van der Waals surface area contributed by atoms with Crippen molar-refractivity contribution in [3.63, 3.8) is 0 Å². The van der Waals surface area contributed by atoms with Gasteiger partial charge in [0.1, 0.15) is 0 Å². The highest BCUT2D eigenvalue weighted by Crippen LogP contribution is 2.10. The molecule has 5 heteroatoms. The molecule has 0 bridgehead atoms. The molecule has 0 spiro atoms. The number of pyridine rings is 1. The molecule has 1 heterocycles. The van der Waals surface area contributed by atoms with E-state index in [0.29, 0.717) is 12.1 Å². The summed E-state index contributed by atoms with van der Waals surface area (Å²) in [5.74, 6) is -0.713. The quantitative estimate of drug-likeness (QED) is 0.670. The Morgan fingerprint density at radius 1 is 1.71 bits per heavy atom. The molecule has 1 atom stereocenters. The lowest BCUT2D eigenvalue weighted by Gasteiger charge is -2.07. The number of hydrogen-bond acceptors (Lipinski definition) is 2. The van der Waals surface area contributed by atoms with Gasteiger partial charge in [-0.1, -0.05) is 22.9 Å². The van der Waals surface area contributed by atoms with Crippen LogP contribution in [-0.2, 0) is 4.79 Å². The van der Waals surface area contributed by atoms with E-state index < -0.39 is 5.95 Å². The predicted molar refractivity (Wildman–Crippen MR) is 55.8 cm³/mol. The van der Waals surface area contributed by atoms with Crippen LogP contribution in [0.2, 0.25) is 0 Å². The van der Waals surface area contributed by atoms with Crippen LogP contribution >= 0.6 is 15.9 Å². The molecule has 0 fully saturated rings. The second kappa shape index (κ2) is 5.05. The van der Waals surface area contributed by atoms with Crippen molar-refractivity contribution >= 4 is 27.5 Å². The van der Waals surface area contributed by atoms with E-state index in [1.54, 1.807) is 0 Å². The summed E-state index contributed by atoms with van der Waals surface area (Å²) >= 11 is 3.21. The summed E-state index contributed by atoms with van der Waals surface area (Å²) in [5, 5.41) is 2.60. The summed E-state index contributed by atoms with van der Waals surface area (Å²) in [6, 6.07) is 2.67. The molecular formula is C9H10BrFN2O. The number of halogens is 2. The summed E-state index contributed by atoms with van der Waals surface area (Å²) in [4.78, 5) is 14.5. The van der Waals surface area contributed by atoms with E-state index in [2.05, 4.69) is 26.2 Å². The number of aromatic nitrogens is 1. The molecule has 3 nitrogen and oxygen atoms in total. The second-order valence-corrected chi connectivity index (χ2v) is 3.84. The summed E-state index contributed by atoms with van der Waals surface area (Å²) in [6.07, 6.45) is 1.98. The standard InChI is InChI=1S/C9H10BrFN2O/c1-2-7(10)9(14)13-6-3-4-8(11)12-5-6/h3-5,7H,2H2,1H3,(H,13,14). The zero-order valence-corrected chi connectivity index (χ0v) is 9.21. The highest BCUT2D eigenvalue weighted by atomic mass is 79.9. The molecule has 1 unspecified atom stereocenters. The first-order valence-electron chi connectivity index (χ1n) is 4.20. The number of nitrogens with zero attached hydrogens (tertiary/aromatic N) is 1. The van der Waals surface area contributed by atoms with Gasteiger partial charge in [-0.05, 0) is 18.6 Å². The fourth-order valence-electron chi connectivity index (χ4n) is 0.856. The topological polar surface area (TPSA) is 42.0 Å². The number of amides is 1. The number of anilines is 1. The summed E-state index contributed by atoms with van der Waals surface area (Å²) in [5.41, 5.74) is 0.495. The lowest BCUT2D eigenvalue weighted by molar-refractivity contribution is -0.115. The van der Waals surface area contributed by atoms with Crippen molar-refractivity contribution in [3.8, 4) is 0 Å². The molecule has 0 radical (unpaired) electrons. The molecule has 0 aliphatic rings. The zero-order chi connectivity index (χ0) is 10.6. The van der Waals surface area contributed by atoms with Gasteiger partial charge in [-0.3, -0.25) is 4.79 Å². The summed E-state index contributed by atoms with van der Waals surface area (Å²) in [7, 11) is 0. The lowest BCUT2D eigenvalue weighted by Crippen LogP contribution is -2.22. The first-order chi connectivity index (χ1) is 6.63. The van der Waals surface area contributed by atoms with Gasteiger partial charge in [-0.2, -0.15) is 4.39 Å². The zero-order valence-electron chi connectivity index (χ0n) is 7.63. The molecule has 1 aromatic rings. The minimum Gasteiger partial charge on any atom is -0.324 e. The van der Waals surface area contributed by atoms with Crippen molar-refractivity contribution in [2.24, 2.45) is 0 Å². The molecule has 1 aromatic heterocycles. The second-order valence-electron chi connectivity index (χ2n) is 2.73. The van der Waals surface area contributed by atoms with E-state index >= 15 is 0 Å². The minimum atomic E-state index is -0.561. The first-order valence-corrected chi connectivity index (χ1v) is 5.11. The van der Waals surface area contributed by atoms with Crippen LogP contribution in [0.1, 0.15) is 13.3 Å². The fraction of sp³-hybridized carbons (Fsp3) is 0.333. The van der Waals surface area contributed by atoms with Crippen molar-refractivity contribution in [3.05, 3.63) is 24.3 Å². The van der Waals surface area contributed by atoms with Crippen molar-refractivity contribution in [2.45, 2.75) is 18.2 Å². The van der Waals surface area contributed by atoms with Crippen LogP contribution in [0, 0.1) is 5.95 Å². The summed E-state index contributed by atoms with van der Waals surface area (Å²) in [6.45, 7) is 1.89. The Balaban J connectivity index is 2.60. The molecule has 0 aromatic carbocycles. The maximum atomic E-state index is 12.4. The van der Waals surface area contributed by atoms with Crippen molar-refractivity contribution in [1.29, 1.82) is 0 Å². The number of alkyl halides is 1. The molecule has 14 heavy (non-hydrogen) atoms. The Hall–Kier alpha value is -0.970. The Morgan fingerprint density at radius 2 is 2.43 bits per heavy atom. The van der Waals surface area contributed by atoms with Crippen LogP contribution in [0.4, 0.5) is 10.1 Å². The van der Waals surface area contributed by atoms with E-state index in [4.69, 9.17) is 0 Å². The molecule has 0 aliphatic heterocycles. The summed E-state index contributed by atoms with van der Waals surface area (Å²) < 4.78 is 12.4. The third-order valence-corrected chi connectivity index (χ3v) is 2.70. The van der Waals surface area contributed by atoms with Crippen LogP contribution in [0.25, 0.3) is 0 Å². The monoisotopic (exact) mass is 260 g/mol. The van der Waals surface area contributed by atoms with Gasteiger partial charge in [-0.15, -0.1) is 0 Å². The van der Waals surface area contributed by atoms with Crippen LogP contribution in [0.5, 0.6) is 0 Å². The third-order valence-electron chi connectivity index (χ3n) is 1.64. The SMILES string of the molecule is CCC(Br)C(=O)Nc1ccc(F)nc1. The van der Waals surface area contributed by atoms with Gasteiger partial charge in [0.15, 0.2) is 0 Å². The van der Waals surface area contributed by atoms with Crippen molar-refractivity contribution in [2.75, 3.05) is 5.32 Å². The molecule has 1 amide bonds. The molecule has 0 saturated carbocycles. The van der Waals surface area contributed by atoms with Crippen LogP contribution < -0.4 is 5.32 Å². The predicted octanol–water partition coefficient (Wildman–Crippen LogP) is 2.33. The van der Waals surface area contributed by atoms with E-state index in [1.807, 2.05) is 6.92 Å². The van der Waals surface area contributed by atoms with E-state index in [-0.39, 0.29) is 10.7 Å². The maximum Gasteiger partial charge on any atom is 0.238 e. The normalized spacial score (nSPS) is 12.2. The van der Waals surface area contributed by atoms with Crippen LogP contribution in [0.3, 0.4) is 0 Å². The average Bonchev–Trinajstić information content (AvgIpc) is 2.20. The number of nitrogens with one attached hydrogen (secondary N) is 1. The minimum absolute atomic E-state index is 0.152. The van der Waals surface area contributed by atoms with Crippen molar-refractivity contribution < 1.29 is 9.18 Å². The van der Waals surface area contributed by atoms with Crippen LogP contribution in [0.15, 0.2) is 18.3 Å². The molecule has 0 saturated heterocycles. The van der Waals surface area contributed by atoms with E-state index in [1.165, 1.54) is 18.3 Å². The highest BCUT2D eigenvalue weighted by molar-refractivity contribution is 9.10. The van der Waals surface area contributed by atoms with Crippen molar-refractivity contribution in [1.82, 2.24) is 4.98 Å². The number of carbonyl (C=O) groups excluding carboxylic acids is 1. The molecular weight excluding hydrogens is 251 g/mol.